The van der Waals surface area contributed by atoms with Gasteiger partial charge in [0.2, 0.25) is 5.91 Å². The molecule has 1 fully saturated rings. The highest BCUT2D eigenvalue weighted by Gasteiger charge is 2.39. The number of benzene rings is 2. The highest BCUT2D eigenvalue weighted by atomic mass is 16.6. The summed E-state index contributed by atoms with van der Waals surface area (Å²) >= 11 is 0. The number of rotatable bonds is 8. The first-order valence-corrected chi connectivity index (χ1v) is 8.98. The molecule has 1 aliphatic heterocycles. The summed E-state index contributed by atoms with van der Waals surface area (Å²) in [5, 5.41) is 20.3. The second-order valence-electron chi connectivity index (χ2n) is 6.71. The Kier molecular flexibility index (Phi) is 6.39. The van der Waals surface area contributed by atoms with E-state index in [2.05, 4.69) is 0 Å². The van der Waals surface area contributed by atoms with Crippen molar-refractivity contribution < 1.29 is 19.7 Å². The van der Waals surface area contributed by atoms with Crippen LogP contribution in [0.15, 0.2) is 60.7 Å². The van der Waals surface area contributed by atoms with Crippen LogP contribution in [0.5, 0.6) is 0 Å². The Labute approximate surface area is 153 Å². The van der Waals surface area contributed by atoms with Gasteiger partial charge in [-0.25, -0.2) is 0 Å². The van der Waals surface area contributed by atoms with E-state index >= 15 is 0 Å². The molecule has 0 radical (unpaired) electrons. The summed E-state index contributed by atoms with van der Waals surface area (Å²) < 4.78 is 5.43. The number of aliphatic hydroxyl groups is 2. The van der Waals surface area contributed by atoms with Crippen molar-refractivity contribution in [2.24, 2.45) is 5.92 Å². The van der Waals surface area contributed by atoms with Gasteiger partial charge in [0.15, 0.2) is 6.29 Å². The maximum Gasteiger partial charge on any atom is 0.228 e. The van der Waals surface area contributed by atoms with E-state index in [0.717, 1.165) is 11.1 Å². The minimum Gasteiger partial charge on any atom is -0.390 e. The summed E-state index contributed by atoms with van der Waals surface area (Å²) in [7, 11) is 0. The molecule has 0 aromatic heterocycles. The Morgan fingerprint density at radius 2 is 1.65 bits per heavy atom. The molecule has 0 spiro atoms. The SMILES string of the molecule is O=C1C(CCC(O)OCc2ccccc2)[C@H](O)CN1Cc1ccccc1. The monoisotopic (exact) mass is 355 g/mol. The first-order valence-electron chi connectivity index (χ1n) is 8.98. The zero-order chi connectivity index (χ0) is 18.4. The molecule has 3 rings (SSSR count). The van der Waals surface area contributed by atoms with E-state index in [1.54, 1.807) is 4.90 Å². The molecule has 1 heterocycles. The lowest BCUT2D eigenvalue weighted by atomic mass is 9.99. The molecule has 138 valence electrons. The number of carbonyl (C=O) groups is 1. The van der Waals surface area contributed by atoms with Crippen molar-refractivity contribution in [3.05, 3.63) is 71.8 Å². The maximum atomic E-state index is 12.6. The zero-order valence-electron chi connectivity index (χ0n) is 14.7. The molecule has 1 amide bonds. The predicted molar refractivity (Wildman–Crippen MR) is 97.8 cm³/mol. The van der Waals surface area contributed by atoms with Crippen molar-refractivity contribution in [1.29, 1.82) is 0 Å². The van der Waals surface area contributed by atoms with Crippen LogP contribution in [0.1, 0.15) is 24.0 Å². The van der Waals surface area contributed by atoms with Crippen molar-refractivity contribution in [1.82, 2.24) is 4.90 Å². The molecular formula is C21H25NO4. The third kappa shape index (κ3) is 4.91. The lowest BCUT2D eigenvalue weighted by Crippen LogP contribution is -2.27. The summed E-state index contributed by atoms with van der Waals surface area (Å²) in [5.41, 5.74) is 2.03. The minimum atomic E-state index is -0.946. The van der Waals surface area contributed by atoms with E-state index in [1.165, 1.54) is 0 Å². The molecule has 2 N–H and O–H groups in total. The first kappa shape index (κ1) is 18.6. The summed E-state index contributed by atoms with van der Waals surface area (Å²) in [6, 6.07) is 19.4. The quantitative estimate of drug-likeness (QED) is 0.713. The van der Waals surface area contributed by atoms with Gasteiger partial charge in [0.1, 0.15) is 0 Å². The average Bonchev–Trinajstić information content (AvgIpc) is 2.93. The van der Waals surface area contributed by atoms with Gasteiger partial charge in [-0.1, -0.05) is 60.7 Å². The van der Waals surface area contributed by atoms with Crippen LogP contribution in [0, 0.1) is 5.92 Å². The largest absolute Gasteiger partial charge is 0.390 e. The fourth-order valence-corrected chi connectivity index (χ4v) is 3.28. The number of hydrogen-bond acceptors (Lipinski definition) is 4. The third-order valence-corrected chi connectivity index (χ3v) is 4.73. The van der Waals surface area contributed by atoms with Gasteiger partial charge < -0.3 is 19.8 Å². The Bertz CT molecular complexity index is 692. The number of nitrogens with zero attached hydrogens (tertiary/aromatic N) is 1. The molecule has 0 aliphatic carbocycles. The van der Waals surface area contributed by atoms with Crippen LogP contribution in [0.2, 0.25) is 0 Å². The Hall–Kier alpha value is -2.21. The number of likely N-dealkylation sites (tertiary alicyclic amines) is 1. The topological polar surface area (TPSA) is 70.0 Å². The number of ether oxygens (including phenoxy) is 1. The number of amides is 1. The lowest BCUT2D eigenvalue weighted by Gasteiger charge is -2.17. The van der Waals surface area contributed by atoms with Gasteiger partial charge in [0, 0.05) is 13.1 Å². The summed E-state index contributed by atoms with van der Waals surface area (Å²) in [4.78, 5) is 14.2. The average molecular weight is 355 g/mol. The third-order valence-electron chi connectivity index (χ3n) is 4.73. The maximum absolute atomic E-state index is 12.6. The van der Waals surface area contributed by atoms with E-state index in [-0.39, 0.29) is 5.91 Å². The Morgan fingerprint density at radius 3 is 2.31 bits per heavy atom. The van der Waals surface area contributed by atoms with Gasteiger partial charge in [-0.05, 0) is 24.0 Å². The van der Waals surface area contributed by atoms with Crippen LogP contribution < -0.4 is 0 Å². The van der Waals surface area contributed by atoms with E-state index in [0.29, 0.717) is 32.5 Å². The standard InChI is InChI=1S/C21H25NO4/c23-19-14-22(13-16-7-3-1-4-8-16)21(25)18(19)11-12-20(24)26-15-17-9-5-2-6-10-17/h1-10,18-20,23-24H,11-15H2/t18?,19-,20?/m1/s1. The van der Waals surface area contributed by atoms with Gasteiger partial charge in [0.25, 0.3) is 0 Å². The zero-order valence-corrected chi connectivity index (χ0v) is 14.7. The molecule has 2 aromatic carbocycles. The molecule has 3 atom stereocenters. The lowest BCUT2D eigenvalue weighted by molar-refractivity contribution is -0.134. The first-order chi connectivity index (χ1) is 12.6. The van der Waals surface area contributed by atoms with Gasteiger partial charge in [0.05, 0.1) is 18.6 Å². The Morgan fingerprint density at radius 1 is 1.04 bits per heavy atom. The minimum absolute atomic E-state index is 0.0587. The number of carbonyl (C=O) groups excluding carboxylic acids is 1. The fraction of sp³-hybridized carbons (Fsp3) is 0.381. The highest BCUT2D eigenvalue weighted by molar-refractivity contribution is 5.81. The molecule has 0 bridgehead atoms. The van der Waals surface area contributed by atoms with Crippen LogP contribution in [0.25, 0.3) is 0 Å². The molecule has 1 aliphatic rings. The van der Waals surface area contributed by atoms with E-state index < -0.39 is 18.3 Å². The van der Waals surface area contributed by atoms with Gasteiger partial charge >= 0.3 is 0 Å². The molecule has 1 saturated heterocycles. The number of hydrogen-bond donors (Lipinski definition) is 2. The fourth-order valence-electron chi connectivity index (χ4n) is 3.28. The molecule has 0 saturated carbocycles. The molecular weight excluding hydrogens is 330 g/mol. The van der Waals surface area contributed by atoms with Gasteiger partial charge in [-0.2, -0.15) is 0 Å². The second-order valence-corrected chi connectivity index (χ2v) is 6.71. The van der Waals surface area contributed by atoms with Crippen molar-refractivity contribution >= 4 is 5.91 Å². The molecule has 5 nitrogen and oxygen atoms in total. The smallest absolute Gasteiger partial charge is 0.228 e. The van der Waals surface area contributed by atoms with E-state index in [4.69, 9.17) is 4.74 Å². The van der Waals surface area contributed by atoms with Gasteiger partial charge in [-0.15, -0.1) is 0 Å². The molecule has 2 aromatic rings. The van der Waals surface area contributed by atoms with Crippen LogP contribution in [0.3, 0.4) is 0 Å². The molecule has 2 unspecified atom stereocenters. The summed E-state index contributed by atoms with van der Waals surface area (Å²) in [6.45, 7) is 1.16. The van der Waals surface area contributed by atoms with E-state index in [1.807, 2.05) is 60.7 Å². The molecule has 5 heteroatoms. The van der Waals surface area contributed by atoms with Crippen LogP contribution in [-0.2, 0) is 22.7 Å². The summed E-state index contributed by atoms with van der Waals surface area (Å²) in [6.07, 6.45) is -0.924. The van der Waals surface area contributed by atoms with Crippen LogP contribution in [-0.4, -0.2) is 40.0 Å². The normalized spacial score (nSPS) is 21.2. The number of aliphatic hydroxyl groups excluding tert-OH is 2. The molecule has 26 heavy (non-hydrogen) atoms. The predicted octanol–water partition coefficient (Wildman–Crippen LogP) is 2.32. The van der Waals surface area contributed by atoms with Crippen molar-refractivity contribution in [2.75, 3.05) is 6.54 Å². The second kappa shape index (κ2) is 8.94. The van der Waals surface area contributed by atoms with Crippen molar-refractivity contribution in [3.63, 3.8) is 0 Å². The number of β-amino-alcohol motifs (C(OH)–C–C–N with tert-alkyl or cyclic N) is 1. The van der Waals surface area contributed by atoms with Crippen molar-refractivity contribution in [2.45, 2.75) is 38.4 Å². The van der Waals surface area contributed by atoms with Crippen molar-refractivity contribution in [3.8, 4) is 0 Å². The van der Waals surface area contributed by atoms with Crippen LogP contribution >= 0.6 is 0 Å². The highest BCUT2D eigenvalue weighted by Crippen LogP contribution is 2.25. The van der Waals surface area contributed by atoms with E-state index in [9.17, 15) is 15.0 Å². The summed E-state index contributed by atoms with van der Waals surface area (Å²) in [5.74, 6) is -0.537. The van der Waals surface area contributed by atoms with Crippen LogP contribution in [0.4, 0.5) is 0 Å². The van der Waals surface area contributed by atoms with Gasteiger partial charge in [-0.3, -0.25) is 4.79 Å². The Balaban J connectivity index is 1.46.